The minimum atomic E-state index is -5.69. The van der Waals surface area contributed by atoms with Crippen LogP contribution >= 0.6 is 0 Å². The average Bonchev–Trinajstić information content (AvgIpc) is 2.78. The molecule has 16 heteroatoms. The van der Waals surface area contributed by atoms with Gasteiger partial charge in [0.25, 0.3) is 0 Å². The van der Waals surface area contributed by atoms with Crippen LogP contribution in [0.3, 0.4) is 0 Å². The summed E-state index contributed by atoms with van der Waals surface area (Å²) in [6, 6.07) is -0.849. The largest absolute Gasteiger partial charge is 0.470 e. The predicted molar refractivity (Wildman–Crippen MR) is 119 cm³/mol. The average molecular weight is 576 g/mol. The van der Waals surface area contributed by atoms with Gasteiger partial charge in [-0.3, -0.25) is 14.4 Å². The maximum absolute atomic E-state index is 13.2. The van der Waals surface area contributed by atoms with Crippen molar-refractivity contribution in [1.29, 1.82) is 0 Å². The summed E-state index contributed by atoms with van der Waals surface area (Å²) in [5.74, 6) is -8.31. The predicted octanol–water partition coefficient (Wildman–Crippen LogP) is 5.91. The van der Waals surface area contributed by atoms with Crippen LogP contribution in [0, 0.1) is 0 Å². The summed E-state index contributed by atoms with van der Waals surface area (Å²) >= 11 is 0. The van der Waals surface area contributed by atoms with Crippen molar-refractivity contribution in [1.82, 2.24) is 13.7 Å². The van der Waals surface area contributed by atoms with Crippen LogP contribution in [-0.4, -0.2) is 79.6 Å². The molecule has 0 heterocycles. The molecule has 0 bridgehead atoms. The molecule has 0 aromatic rings. The fourth-order valence-electron chi connectivity index (χ4n) is 4.09. The van der Waals surface area contributed by atoms with Gasteiger partial charge >= 0.3 is 44.8 Å². The van der Waals surface area contributed by atoms with Crippen molar-refractivity contribution in [2.75, 3.05) is 21.1 Å². The topological polar surface area (TPSA) is 60.9 Å². The van der Waals surface area contributed by atoms with Gasteiger partial charge in [0, 0.05) is 21.1 Å². The van der Waals surface area contributed by atoms with Crippen LogP contribution in [0.2, 0.25) is 6.04 Å². The second-order valence-corrected chi connectivity index (χ2v) is 12.9. The monoisotopic (exact) mass is 575 g/mol. The molecule has 0 fully saturated rings. The lowest BCUT2D eigenvalue weighted by Gasteiger charge is -2.49. The Kier molecular flexibility index (Phi) is 13.5. The highest BCUT2D eigenvalue weighted by Gasteiger charge is 2.63. The molecule has 0 aromatic heterocycles. The summed E-state index contributed by atoms with van der Waals surface area (Å²) in [6.07, 6.45) is -9.98. The standard InChI is InChI=1S/C21H34F9N3O3Si/c1-5-6-7-8-9-10-11-12-13-14-15-37(31(2)16(34)19(22,23)24,32(3)17(35)20(25,26)27)33(4)18(36)21(28,29)30/h5-15H2,1-4H3. The lowest BCUT2D eigenvalue weighted by atomic mass is 10.1. The normalized spacial score (nSPS) is 12.9. The van der Waals surface area contributed by atoms with Gasteiger partial charge in [0.15, 0.2) is 0 Å². The Morgan fingerprint density at radius 3 is 1.00 bits per heavy atom. The zero-order valence-electron chi connectivity index (χ0n) is 21.2. The van der Waals surface area contributed by atoms with Gasteiger partial charge in [0.2, 0.25) is 0 Å². The summed E-state index contributed by atoms with van der Waals surface area (Å²) in [5.41, 5.74) is 0. The Balaban J connectivity index is 6.12. The highest BCUT2D eigenvalue weighted by Crippen LogP contribution is 2.34. The van der Waals surface area contributed by atoms with Gasteiger partial charge in [-0.25, -0.2) is 0 Å². The van der Waals surface area contributed by atoms with Gasteiger partial charge in [-0.2, -0.15) is 39.5 Å². The van der Waals surface area contributed by atoms with E-state index in [9.17, 15) is 53.9 Å². The van der Waals surface area contributed by atoms with E-state index in [0.717, 1.165) is 38.5 Å². The van der Waals surface area contributed by atoms with Crippen molar-refractivity contribution in [3.63, 3.8) is 0 Å². The zero-order chi connectivity index (χ0) is 29.2. The molecule has 0 aromatic carbocycles. The molecule has 0 aliphatic heterocycles. The number of unbranched alkanes of at least 4 members (excludes halogenated alkanes) is 9. The first-order valence-corrected chi connectivity index (χ1v) is 13.9. The minimum absolute atomic E-state index is 0.194. The molecule has 0 spiro atoms. The van der Waals surface area contributed by atoms with E-state index >= 15 is 0 Å². The van der Waals surface area contributed by atoms with Crippen LogP contribution < -0.4 is 0 Å². The first kappa shape index (κ1) is 35.0. The molecule has 218 valence electrons. The first-order valence-electron chi connectivity index (χ1n) is 11.8. The third kappa shape index (κ3) is 10.00. The van der Waals surface area contributed by atoms with E-state index < -0.39 is 50.9 Å². The van der Waals surface area contributed by atoms with Crippen LogP contribution in [0.25, 0.3) is 0 Å². The molecule has 0 saturated carbocycles. The number of carbonyl (C=O) groups excluding carboxylic acids is 3. The molecule has 0 N–H and O–H groups in total. The fraction of sp³-hybridized carbons (Fsp3) is 0.857. The van der Waals surface area contributed by atoms with Crippen molar-refractivity contribution in [3.8, 4) is 0 Å². The number of rotatable bonds is 14. The Labute approximate surface area is 211 Å². The number of hydrogen-bond acceptors (Lipinski definition) is 3. The van der Waals surface area contributed by atoms with Crippen molar-refractivity contribution in [2.45, 2.75) is 95.7 Å². The maximum atomic E-state index is 13.2. The van der Waals surface area contributed by atoms with Gasteiger partial charge in [-0.1, -0.05) is 71.1 Å². The van der Waals surface area contributed by atoms with Crippen LogP contribution in [0.5, 0.6) is 0 Å². The van der Waals surface area contributed by atoms with Gasteiger partial charge in [0.05, 0.1) is 0 Å². The molecule has 0 aliphatic rings. The van der Waals surface area contributed by atoms with Crippen molar-refractivity contribution in [2.24, 2.45) is 0 Å². The fourth-order valence-corrected chi connectivity index (χ4v) is 8.52. The Hall–Kier alpha value is -2.00. The van der Waals surface area contributed by atoms with E-state index in [1.54, 1.807) is 0 Å². The molecule has 0 radical (unpaired) electrons. The number of halogens is 9. The lowest BCUT2D eigenvalue weighted by Crippen LogP contribution is -2.78. The molecule has 0 unspecified atom stereocenters. The van der Waals surface area contributed by atoms with Crippen LogP contribution in [0.15, 0.2) is 0 Å². The summed E-state index contributed by atoms with van der Waals surface area (Å²) in [4.78, 5) is 36.1. The Bertz CT molecular complexity index is 679. The number of carbonyl (C=O) groups is 3. The van der Waals surface area contributed by atoms with Gasteiger partial charge in [-0.15, -0.1) is 0 Å². The van der Waals surface area contributed by atoms with E-state index in [2.05, 4.69) is 6.92 Å². The third-order valence-corrected chi connectivity index (χ3v) is 11.0. The van der Waals surface area contributed by atoms with E-state index in [0.29, 0.717) is 34.0 Å². The first-order chi connectivity index (χ1) is 16.8. The van der Waals surface area contributed by atoms with E-state index in [-0.39, 0.29) is 26.5 Å². The molecule has 0 atom stereocenters. The maximum Gasteiger partial charge on any atom is 0.470 e. The molecule has 6 nitrogen and oxygen atoms in total. The molecule has 0 rings (SSSR count). The molecule has 3 amide bonds. The quantitative estimate of drug-likeness (QED) is 0.147. The SMILES string of the molecule is CCCCCCCCCCCC[Si](N(C)C(=O)C(F)(F)F)(N(C)C(=O)C(F)(F)F)N(C)C(=O)C(F)(F)F. The lowest BCUT2D eigenvalue weighted by molar-refractivity contribution is -0.187. The number of alkyl halides is 9. The minimum Gasteiger partial charge on any atom is -0.330 e. The van der Waals surface area contributed by atoms with Crippen LogP contribution in [0.1, 0.15) is 71.1 Å². The van der Waals surface area contributed by atoms with Crippen LogP contribution in [0.4, 0.5) is 39.5 Å². The van der Waals surface area contributed by atoms with Crippen molar-refractivity contribution in [3.05, 3.63) is 0 Å². The zero-order valence-corrected chi connectivity index (χ0v) is 22.2. The van der Waals surface area contributed by atoms with Crippen LogP contribution in [-0.2, 0) is 14.4 Å². The van der Waals surface area contributed by atoms with Gasteiger partial charge < -0.3 is 13.7 Å². The molecular formula is C21H34F9N3O3Si. The Morgan fingerprint density at radius 2 is 0.757 bits per heavy atom. The van der Waals surface area contributed by atoms with Gasteiger partial charge in [-0.05, 0) is 6.04 Å². The summed E-state index contributed by atoms with van der Waals surface area (Å²) < 4.78 is 118. The smallest absolute Gasteiger partial charge is 0.330 e. The van der Waals surface area contributed by atoms with E-state index in [1.165, 1.54) is 0 Å². The number of amides is 3. The Morgan fingerprint density at radius 1 is 0.514 bits per heavy atom. The van der Waals surface area contributed by atoms with Gasteiger partial charge in [0.1, 0.15) is 0 Å². The number of nitrogens with zero attached hydrogens (tertiary/aromatic N) is 3. The highest BCUT2D eigenvalue weighted by molar-refractivity contribution is 6.77. The summed E-state index contributed by atoms with van der Waals surface area (Å²) in [7, 11) is -4.34. The summed E-state index contributed by atoms with van der Waals surface area (Å²) in [5, 5.41) is 0. The number of hydrogen-bond donors (Lipinski definition) is 0. The molecule has 0 saturated heterocycles. The van der Waals surface area contributed by atoms with Crippen molar-refractivity contribution >= 4 is 26.3 Å². The third-order valence-electron chi connectivity index (χ3n) is 6.12. The second-order valence-electron chi connectivity index (χ2n) is 8.79. The highest BCUT2D eigenvalue weighted by atomic mass is 28.4. The van der Waals surface area contributed by atoms with E-state index in [1.807, 2.05) is 0 Å². The van der Waals surface area contributed by atoms with Crippen molar-refractivity contribution < 1.29 is 53.9 Å². The molecular weight excluding hydrogens is 541 g/mol. The summed E-state index contributed by atoms with van der Waals surface area (Å²) in [6.45, 7) is 2.06. The molecule has 0 aliphatic carbocycles. The van der Waals surface area contributed by atoms with E-state index in [4.69, 9.17) is 0 Å². The second kappa shape index (κ2) is 14.2. The molecule has 37 heavy (non-hydrogen) atoms.